The summed E-state index contributed by atoms with van der Waals surface area (Å²) in [7, 11) is 0. The smallest absolute Gasteiger partial charge is 0.247 e. The van der Waals surface area contributed by atoms with Crippen molar-refractivity contribution in [1.29, 1.82) is 0 Å². The summed E-state index contributed by atoms with van der Waals surface area (Å²) >= 11 is 0. The molecule has 1 aliphatic rings. The largest absolute Gasteiger partial charge is 0.493 e. The number of benzene rings is 1. The molecule has 1 aromatic carbocycles. The van der Waals surface area contributed by atoms with Gasteiger partial charge in [-0.25, -0.2) is 0 Å². The van der Waals surface area contributed by atoms with Crippen molar-refractivity contribution in [1.82, 2.24) is 5.32 Å². The van der Waals surface area contributed by atoms with Gasteiger partial charge >= 0.3 is 0 Å². The normalized spacial score (nSPS) is 20.0. The first-order valence-corrected chi connectivity index (χ1v) is 6.52. The molecule has 1 heterocycles. The Bertz CT molecular complexity index is 462. The second kappa shape index (κ2) is 6.04. The van der Waals surface area contributed by atoms with E-state index < -0.39 is 12.0 Å². The van der Waals surface area contributed by atoms with Crippen LogP contribution in [0.25, 0.3) is 0 Å². The maximum absolute atomic E-state index is 10.8. The number of hydrogen-bond acceptors (Lipinski definition) is 4. The molecule has 5 nitrogen and oxygen atoms in total. The van der Waals surface area contributed by atoms with Crippen molar-refractivity contribution in [2.24, 2.45) is 5.73 Å². The Morgan fingerprint density at radius 3 is 3.16 bits per heavy atom. The molecule has 0 fully saturated rings. The van der Waals surface area contributed by atoms with Crippen LogP contribution in [0, 0.1) is 6.92 Å². The van der Waals surface area contributed by atoms with E-state index in [1.165, 1.54) is 0 Å². The van der Waals surface area contributed by atoms with Crippen LogP contribution in [-0.2, 0) is 4.79 Å². The summed E-state index contributed by atoms with van der Waals surface area (Å²) < 4.78 is 5.77. The monoisotopic (exact) mass is 264 g/mol. The Morgan fingerprint density at radius 2 is 2.42 bits per heavy atom. The van der Waals surface area contributed by atoms with Gasteiger partial charge in [0.15, 0.2) is 0 Å². The topological polar surface area (TPSA) is 84.6 Å². The second-order valence-corrected chi connectivity index (χ2v) is 4.86. The first kappa shape index (κ1) is 13.8. The van der Waals surface area contributed by atoms with Crippen LogP contribution in [0.3, 0.4) is 0 Å². The molecule has 2 unspecified atom stereocenters. The highest BCUT2D eigenvalue weighted by atomic mass is 16.5. The number of carbonyl (C=O) groups excluding carboxylic acids is 1. The van der Waals surface area contributed by atoms with E-state index in [-0.39, 0.29) is 12.6 Å². The highest BCUT2D eigenvalue weighted by Gasteiger charge is 2.22. The highest BCUT2D eigenvalue weighted by Crippen LogP contribution is 2.33. The third-order valence-electron chi connectivity index (χ3n) is 3.39. The minimum Gasteiger partial charge on any atom is -0.493 e. The quantitative estimate of drug-likeness (QED) is 0.745. The van der Waals surface area contributed by atoms with E-state index >= 15 is 0 Å². The van der Waals surface area contributed by atoms with Crippen LogP contribution in [0.1, 0.15) is 30.0 Å². The fraction of sp³-hybridized carbons (Fsp3) is 0.500. The van der Waals surface area contributed by atoms with Gasteiger partial charge in [0, 0.05) is 18.2 Å². The Hall–Kier alpha value is -1.59. The summed E-state index contributed by atoms with van der Waals surface area (Å²) in [6.45, 7) is 2.86. The molecule has 2 atom stereocenters. The Morgan fingerprint density at radius 1 is 1.63 bits per heavy atom. The van der Waals surface area contributed by atoms with Gasteiger partial charge in [0.05, 0.1) is 6.61 Å². The minimum absolute atomic E-state index is 0.0754. The van der Waals surface area contributed by atoms with Crippen molar-refractivity contribution < 1.29 is 14.6 Å². The highest BCUT2D eigenvalue weighted by molar-refractivity contribution is 5.78. The van der Waals surface area contributed by atoms with Crippen molar-refractivity contribution in [3.8, 4) is 5.75 Å². The van der Waals surface area contributed by atoms with Crippen LogP contribution in [-0.4, -0.2) is 30.3 Å². The number of fused-ring (bicyclic) bond motifs is 1. The molecule has 0 radical (unpaired) electrons. The van der Waals surface area contributed by atoms with Crippen molar-refractivity contribution in [3.63, 3.8) is 0 Å². The molecule has 1 aliphatic heterocycles. The average molecular weight is 264 g/mol. The lowest BCUT2D eigenvalue weighted by molar-refractivity contribution is -0.125. The molecule has 0 saturated heterocycles. The molecule has 19 heavy (non-hydrogen) atoms. The van der Waals surface area contributed by atoms with E-state index in [1.807, 2.05) is 25.1 Å². The van der Waals surface area contributed by atoms with E-state index in [1.54, 1.807) is 0 Å². The standard InChI is InChI=1S/C14H20N2O3/c1-9-4-2-5-10-11(6-3-7-19-13(9)10)16-8-12(17)14(15)18/h2,4-5,11-12,16-17H,3,6-8H2,1H3,(H2,15,18). The minimum atomic E-state index is -1.16. The summed E-state index contributed by atoms with van der Waals surface area (Å²) in [5.41, 5.74) is 7.22. The Kier molecular flexibility index (Phi) is 4.39. The van der Waals surface area contributed by atoms with E-state index in [2.05, 4.69) is 5.32 Å². The molecule has 2 rings (SSSR count). The lowest BCUT2D eigenvalue weighted by Gasteiger charge is -2.20. The number of aliphatic hydroxyl groups is 1. The van der Waals surface area contributed by atoms with Gasteiger partial charge in [0.1, 0.15) is 11.9 Å². The van der Waals surface area contributed by atoms with Crippen molar-refractivity contribution in [3.05, 3.63) is 29.3 Å². The maximum Gasteiger partial charge on any atom is 0.247 e. The maximum atomic E-state index is 10.8. The zero-order chi connectivity index (χ0) is 13.8. The first-order chi connectivity index (χ1) is 9.09. The number of amides is 1. The number of primary amides is 1. The predicted octanol–water partition coefficient (Wildman–Crippen LogP) is 0.645. The molecule has 1 aromatic rings. The van der Waals surface area contributed by atoms with Crippen molar-refractivity contribution >= 4 is 5.91 Å². The number of ether oxygens (including phenoxy) is 1. The Balaban J connectivity index is 2.14. The van der Waals surface area contributed by atoms with Gasteiger partial charge in [-0.1, -0.05) is 18.2 Å². The lowest BCUT2D eigenvalue weighted by atomic mass is 9.99. The summed E-state index contributed by atoms with van der Waals surface area (Å²) in [4.78, 5) is 10.8. The molecular weight excluding hydrogens is 244 g/mol. The number of carbonyl (C=O) groups is 1. The molecule has 0 aromatic heterocycles. The van der Waals surface area contributed by atoms with Crippen molar-refractivity contribution in [2.75, 3.05) is 13.2 Å². The Labute approximate surface area is 112 Å². The number of nitrogens with one attached hydrogen (secondary N) is 1. The fourth-order valence-electron chi connectivity index (χ4n) is 2.33. The first-order valence-electron chi connectivity index (χ1n) is 6.52. The molecular formula is C14H20N2O3. The molecule has 0 aliphatic carbocycles. The molecule has 4 N–H and O–H groups in total. The third-order valence-corrected chi connectivity index (χ3v) is 3.39. The predicted molar refractivity (Wildman–Crippen MR) is 71.9 cm³/mol. The molecule has 0 spiro atoms. The van der Waals surface area contributed by atoms with Gasteiger partial charge in [0.2, 0.25) is 5.91 Å². The van der Waals surface area contributed by atoms with Gasteiger partial charge in [-0.15, -0.1) is 0 Å². The average Bonchev–Trinajstić information content (AvgIpc) is 2.59. The van der Waals surface area contributed by atoms with Crippen LogP contribution < -0.4 is 15.8 Å². The lowest BCUT2D eigenvalue weighted by Crippen LogP contribution is -2.39. The number of para-hydroxylation sites is 1. The molecule has 5 heteroatoms. The van der Waals surface area contributed by atoms with Crippen LogP contribution >= 0.6 is 0 Å². The van der Waals surface area contributed by atoms with Crippen LogP contribution in [0.4, 0.5) is 0 Å². The number of aryl methyl sites for hydroxylation is 1. The van der Waals surface area contributed by atoms with Gasteiger partial charge in [-0.3, -0.25) is 4.79 Å². The van der Waals surface area contributed by atoms with E-state index in [0.717, 1.165) is 29.7 Å². The zero-order valence-electron chi connectivity index (χ0n) is 11.1. The molecule has 1 amide bonds. The second-order valence-electron chi connectivity index (χ2n) is 4.86. The van der Waals surface area contributed by atoms with Crippen molar-refractivity contribution in [2.45, 2.75) is 31.9 Å². The molecule has 0 bridgehead atoms. The molecule has 0 saturated carbocycles. The van der Waals surface area contributed by atoms with E-state index in [4.69, 9.17) is 10.5 Å². The van der Waals surface area contributed by atoms with Crippen LogP contribution in [0.5, 0.6) is 5.75 Å². The number of aliphatic hydroxyl groups excluding tert-OH is 1. The number of hydrogen-bond donors (Lipinski definition) is 3. The van der Waals surface area contributed by atoms with Gasteiger partial charge in [0.25, 0.3) is 0 Å². The number of rotatable bonds is 4. The summed E-state index contributed by atoms with van der Waals surface area (Å²) in [5.74, 6) is 0.202. The summed E-state index contributed by atoms with van der Waals surface area (Å²) in [6.07, 6.45) is 0.679. The zero-order valence-corrected chi connectivity index (χ0v) is 11.1. The molecule has 104 valence electrons. The third kappa shape index (κ3) is 3.24. The van der Waals surface area contributed by atoms with Crippen LogP contribution in [0.15, 0.2) is 18.2 Å². The van der Waals surface area contributed by atoms with Gasteiger partial charge in [-0.05, 0) is 25.3 Å². The number of nitrogens with two attached hydrogens (primary N) is 1. The van der Waals surface area contributed by atoms with E-state index in [0.29, 0.717) is 6.61 Å². The summed E-state index contributed by atoms with van der Waals surface area (Å²) in [5, 5.41) is 12.7. The SMILES string of the molecule is Cc1cccc2c1OCCCC2NCC(O)C(N)=O. The summed E-state index contributed by atoms with van der Waals surface area (Å²) in [6, 6.07) is 6.09. The van der Waals surface area contributed by atoms with Crippen LogP contribution in [0.2, 0.25) is 0 Å². The van der Waals surface area contributed by atoms with E-state index in [9.17, 15) is 9.90 Å². The van der Waals surface area contributed by atoms with Gasteiger partial charge in [-0.2, -0.15) is 0 Å². The van der Waals surface area contributed by atoms with Gasteiger partial charge < -0.3 is 20.9 Å². The fourth-order valence-corrected chi connectivity index (χ4v) is 2.33.